The van der Waals surface area contributed by atoms with E-state index in [2.05, 4.69) is 46.4 Å². The van der Waals surface area contributed by atoms with Crippen LogP contribution < -0.4 is 0 Å². The first-order chi connectivity index (χ1) is 12.5. The zero-order chi connectivity index (χ0) is 19.6. The van der Waals surface area contributed by atoms with Gasteiger partial charge in [0.2, 0.25) is 0 Å². The molecule has 0 spiro atoms. The smallest absolute Gasteiger partial charge is 0.0577 e. The third kappa shape index (κ3) is 16.6. The number of hydrogen-bond donors (Lipinski definition) is 1. The van der Waals surface area contributed by atoms with E-state index in [1.54, 1.807) is 0 Å². The highest BCUT2D eigenvalue weighted by molar-refractivity contribution is 5.15. The Morgan fingerprint density at radius 3 is 1.96 bits per heavy atom. The molecular weight excluding hydrogens is 316 g/mol. The van der Waals surface area contributed by atoms with Crippen LogP contribution in [0.25, 0.3) is 0 Å². The Labute approximate surface area is 164 Å². The molecule has 0 saturated carbocycles. The lowest BCUT2D eigenvalue weighted by Crippen LogP contribution is -2.07. The van der Waals surface area contributed by atoms with E-state index in [0.717, 1.165) is 25.7 Å². The standard InChI is InChI=1S/C25H46O/c1-6-7-8-9-10-11-12-13-14-15-16-17-18-19-25(26)21-23(4)20-24(5)22(2)3/h9-10,25-26H,4,6-8,11-21H2,1-3,5H3/b10-9-. The van der Waals surface area contributed by atoms with Gasteiger partial charge < -0.3 is 5.11 Å². The van der Waals surface area contributed by atoms with Gasteiger partial charge in [0.15, 0.2) is 0 Å². The van der Waals surface area contributed by atoms with Gasteiger partial charge in [0, 0.05) is 0 Å². The Morgan fingerprint density at radius 1 is 0.846 bits per heavy atom. The van der Waals surface area contributed by atoms with Gasteiger partial charge >= 0.3 is 0 Å². The monoisotopic (exact) mass is 362 g/mol. The highest BCUT2D eigenvalue weighted by Gasteiger charge is 2.07. The first kappa shape index (κ1) is 25.2. The average Bonchev–Trinajstić information content (AvgIpc) is 2.58. The molecule has 152 valence electrons. The molecule has 0 radical (unpaired) electrons. The minimum Gasteiger partial charge on any atom is -0.393 e. The fourth-order valence-electron chi connectivity index (χ4n) is 3.14. The van der Waals surface area contributed by atoms with E-state index >= 15 is 0 Å². The molecule has 0 bridgehead atoms. The maximum absolute atomic E-state index is 10.2. The van der Waals surface area contributed by atoms with Gasteiger partial charge in [-0.25, -0.2) is 0 Å². The van der Waals surface area contributed by atoms with Crippen molar-refractivity contribution in [3.63, 3.8) is 0 Å². The van der Waals surface area contributed by atoms with Crippen molar-refractivity contribution in [2.24, 2.45) is 0 Å². The van der Waals surface area contributed by atoms with Gasteiger partial charge in [0.25, 0.3) is 0 Å². The van der Waals surface area contributed by atoms with E-state index in [4.69, 9.17) is 0 Å². The van der Waals surface area contributed by atoms with Crippen LogP contribution >= 0.6 is 0 Å². The summed E-state index contributed by atoms with van der Waals surface area (Å²) in [4.78, 5) is 0. The molecule has 26 heavy (non-hydrogen) atoms. The van der Waals surface area contributed by atoms with Crippen LogP contribution in [0.3, 0.4) is 0 Å². The SMILES string of the molecule is C=C(CC(C)=C(C)C)CC(O)CCCCCCCCC/C=C\CCCC. The van der Waals surface area contributed by atoms with Crippen molar-refractivity contribution in [1.82, 2.24) is 0 Å². The number of allylic oxidation sites excluding steroid dienone is 4. The second-order valence-corrected chi connectivity index (χ2v) is 8.23. The molecule has 0 amide bonds. The number of aliphatic hydroxyl groups excluding tert-OH is 1. The van der Waals surface area contributed by atoms with Crippen LogP contribution in [0.4, 0.5) is 0 Å². The summed E-state index contributed by atoms with van der Waals surface area (Å²) in [5, 5.41) is 10.2. The van der Waals surface area contributed by atoms with E-state index in [-0.39, 0.29) is 6.10 Å². The van der Waals surface area contributed by atoms with Crippen molar-refractivity contribution >= 4 is 0 Å². The van der Waals surface area contributed by atoms with Gasteiger partial charge in [-0.3, -0.25) is 0 Å². The van der Waals surface area contributed by atoms with Crippen LogP contribution in [-0.4, -0.2) is 11.2 Å². The van der Waals surface area contributed by atoms with Crippen molar-refractivity contribution < 1.29 is 5.11 Å². The minimum atomic E-state index is -0.202. The Morgan fingerprint density at radius 2 is 1.38 bits per heavy atom. The molecular formula is C25H46O. The first-order valence-corrected chi connectivity index (χ1v) is 11.1. The predicted octanol–water partition coefficient (Wildman–Crippen LogP) is 8.30. The quantitative estimate of drug-likeness (QED) is 0.204. The molecule has 1 atom stereocenters. The fourth-order valence-corrected chi connectivity index (χ4v) is 3.14. The number of unbranched alkanes of at least 4 members (excludes halogenated alkanes) is 9. The number of hydrogen-bond acceptors (Lipinski definition) is 1. The number of rotatable bonds is 17. The van der Waals surface area contributed by atoms with E-state index in [0.29, 0.717) is 0 Å². The largest absolute Gasteiger partial charge is 0.393 e. The molecule has 0 aromatic heterocycles. The molecule has 1 unspecified atom stereocenters. The maximum atomic E-state index is 10.2. The van der Waals surface area contributed by atoms with Crippen molar-refractivity contribution in [3.8, 4) is 0 Å². The zero-order valence-electron chi connectivity index (χ0n) is 18.3. The maximum Gasteiger partial charge on any atom is 0.0577 e. The van der Waals surface area contributed by atoms with Gasteiger partial charge in [-0.15, -0.1) is 0 Å². The van der Waals surface area contributed by atoms with Crippen LogP contribution in [-0.2, 0) is 0 Å². The molecule has 1 nitrogen and oxygen atoms in total. The lowest BCUT2D eigenvalue weighted by atomic mass is 9.97. The molecule has 0 fully saturated rings. The van der Waals surface area contributed by atoms with Crippen LogP contribution in [0, 0.1) is 0 Å². The summed E-state index contributed by atoms with van der Waals surface area (Å²) < 4.78 is 0. The number of aliphatic hydroxyl groups is 1. The zero-order valence-corrected chi connectivity index (χ0v) is 18.3. The molecule has 1 N–H and O–H groups in total. The van der Waals surface area contributed by atoms with Gasteiger partial charge in [-0.1, -0.05) is 93.7 Å². The molecule has 0 saturated heterocycles. The summed E-state index contributed by atoms with van der Waals surface area (Å²) in [5.41, 5.74) is 3.92. The highest BCUT2D eigenvalue weighted by Crippen LogP contribution is 2.19. The summed E-state index contributed by atoms with van der Waals surface area (Å²) >= 11 is 0. The Kier molecular flexibility index (Phi) is 17.0. The summed E-state index contributed by atoms with van der Waals surface area (Å²) in [6.07, 6.45) is 21.4. The summed E-state index contributed by atoms with van der Waals surface area (Å²) in [6, 6.07) is 0. The van der Waals surface area contributed by atoms with Crippen molar-refractivity contribution in [2.75, 3.05) is 0 Å². The first-order valence-electron chi connectivity index (χ1n) is 11.1. The van der Waals surface area contributed by atoms with Crippen LogP contribution in [0.1, 0.15) is 118 Å². The topological polar surface area (TPSA) is 20.2 Å². The van der Waals surface area contributed by atoms with Gasteiger partial charge in [-0.05, 0) is 59.3 Å². The van der Waals surface area contributed by atoms with Crippen LogP contribution in [0.2, 0.25) is 0 Å². The summed E-state index contributed by atoms with van der Waals surface area (Å²) in [5.74, 6) is 0. The third-order valence-electron chi connectivity index (χ3n) is 5.19. The Balaban J connectivity index is 3.45. The molecule has 0 heterocycles. The second kappa shape index (κ2) is 17.6. The normalized spacial score (nSPS) is 12.5. The molecule has 0 aliphatic heterocycles. The van der Waals surface area contributed by atoms with Gasteiger partial charge in [0.05, 0.1) is 6.10 Å². The lowest BCUT2D eigenvalue weighted by molar-refractivity contribution is 0.160. The van der Waals surface area contributed by atoms with E-state index in [1.807, 2.05) is 0 Å². The van der Waals surface area contributed by atoms with E-state index < -0.39 is 0 Å². The van der Waals surface area contributed by atoms with Crippen molar-refractivity contribution in [3.05, 3.63) is 35.5 Å². The fraction of sp³-hybridized carbons (Fsp3) is 0.760. The molecule has 0 aromatic carbocycles. The Bertz CT molecular complexity index is 398. The van der Waals surface area contributed by atoms with E-state index in [1.165, 1.54) is 80.9 Å². The van der Waals surface area contributed by atoms with Crippen molar-refractivity contribution in [2.45, 2.75) is 124 Å². The minimum absolute atomic E-state index is 0.202. The third-order valence-corrected chi connectivity index (χ3v) is 5.19. The van der Waals surface area contributed by atoms with Crippen molar-refractivity contribution in [1.29, 1.82) is 0 Å². The van der Waals surface area contributed by atoms with Crippen LogP contribution in [0.5, 0.6) is 0 Å². The molecule has 0 aliphatic carbocycles. The molecule has 1 heteroatoms. The average molecular weight is 363 g/mol. The van der Waals surface area contributed by atoms with E-state index in [9.17, 15) is 5.11 Å². The highest BCUT2D eigenvalue weighted by atomic mass is 16.3. The van der Waals surface area contributed by atoms with Gasteiger partial charge in [0.1, 0.15) is 0 Å². The summed E-state index contributed by atoms with van der Waals surface area (Å²) in [7, 11) is 0. The Hall–Kier alpha value is -0.820. The predicted molar refractivity (Wildman–Crippen MR) is 119 cm³/mol. The van der Waals surface area contributed by atoms with Gasteiger partial charge in [-0.2, -0.15) is 0 Å². The summed E-state index contributed by atoms with van der Waals surface area (Å²) in [6.45, 7) is 12.8. The molecule has 0 aromatic rings. The van der Waals surface area contributed by atoms with Crippen LogP contribution in [0.15, 0.2) is 35.5 Å². The lowest BCUT2D eigenvalue weighted by Gasteiger charge is -2.13. The molecule has 0 aliphatic rings. The second-order valence-electron chi connectivity index (χ2n) is 8.23. The molecule has 0 rings (SSSR count).